The van der Waals surface area contributed by atoms with Crippen molar-refractivity contribution in [2.75, 3.05) is 18.0 Å². The molecule has 3 heterocycles. The molecule has 0 aliphatic carbocycles. The van der Waals surface area contributed by atoms with Gasteiger partial charge in [0, 0.05) is 37.7 Å². The maximum absolute atomic E-state index is 11.0. The number of piperidine rings is 1. The minimum atomic E-state index is -0.373. The van der Waals surface area contributed by atoms with E-state index < -0.39 is 0 Å². The maximum atomic E-state index is 11.0. The molecule has 0 amide bonds. The molecule has 0 atom stereocenters. The molecule has 0 N–H and O–H groups in total. The van der Waals surface area contributed by atoms with Crippen molar-refractivity contribution in [2.45, 2.75) is 18.9 Å². The lowest BCUT2D eigenvalue weighted by Crippen LogP contribution is -2.35. The van der Waals surface area contributed by atoms with Crippen LogP contribution in [0.4, 0.5) is 11.5 Å². The van der Waals surface area contributed by atoms with Crippen LogP contribution in [-0.4, -0.2) is 32.8 Å². The van der Waals surface area contributed by atoms with Crippen LogP contribution >= 0.6 is 0 Å². The fraction of sp³-hybridized carbons (Fsp3) is 0.385. The Hall–Kier alpha value is -2.44. The lowest BCUT2D eigenvalue weighted by atomic mass is 10.1. The predicted octanol–water partition coefficient (Wildman–Crippen LogP) is 2.03. The highest BCUT2D eigenvalue weighted by atomic mass is 16.6. The molecule has 1 saturated heterocycles. The first-order valence-electron chi connectivity index (χ1n) is 6.59. The van der Waals surface area contributed by atoms with Crippen molar-refractivity contribution in [1.29, 1.82) is 0 Å². The van der Waals surface area contributed by atoms with Gasteiger partial charge in [0.15, 0.2) is 0 Å². The first kappa shape index (κ1) is 12.6. The Balaban J connectivity index is 1.74. The van der Waals surface area contributed by atoms with Crippen molar-refractivity contribution in [3.8, 4) is 0 Å². The normalized spacial score (nSPS) is 16.3. The number of anilines is 1. The Labute approximate surface area is 116 Å². The van der Waals surface area contributed by atoms with Gasteiger partial charge in [-0.2, -0.15) is 5.10 Å². The van der Waals surface area contributed by atoms with Gasteiger partial charge in [-0.15, -0.1) is 0 Å². The summed E-state index contributed by atoms with van der Waals surface area (Å²) in [6, 6.07) is 5.37. The number of nitrogens with zero attached hydrogens (tertiary/aromatic N) is 5. The molecule has 2 aromatic rings. The Morgan fingerprint density at radius 1 is 1.25 bits per heavy atom. The van der Waals surface area contributed by atoms with Crippen molar-refractivity contribution in [2.24, 2.45) is 0 Å². The van der Waals surface area contributed by atoms with Crippen LogP contribution in [0, 0.1) is 10.1 Å². The van der Waals surface area contributed by atoms with Gasteiger partial charge >= 0.3 is 5.69 Å². The second kappa shape index (κ2) is 5.28. The zero-order valence-electron chi connectivity index (χ0n) is 10.9. The largest absolute Gasteiger partial charge is 0.351 e. The van der Waals surface area contributed by atoms with Crippen LogP contribution in [0.25, 0.3) is 0 Å². The number of nitro groups is 1. The molecule has 7 heteroatoms. The summed E-state index contributed by atoms with van der Waals surface area (Å²) in [5, 5.41) is 15.3. The number of aromatic nitrogens is 3. The van der Waals surface area contributed by atoms with Crippen molar-refractivity contribution in [3.05, 3.63) is 46.9 Å². The van der Waals surface area contributed by atoms with Gasteiger partial charge in [0.2, 0.25) is 5.82 Å². The van der Waals surface area contributed by atoms with Gasteiger partial charge in [-0.1, -0.05) is 0 Å². The lowest BCUT2D eigenvalue weighted by molar-refractivity contribution is -0.384. The molecule has 7 nitrogen and oxygen atoms in total. The van der Waals surface area contributed by atoms with E-state index in [-0.39, 0.29) is 10.6 Å². The minimum absolute atomic E-state index is 0.0741. The first-order chi connectivity index (χ1) is 9.75. The van der Waals surface area contributed by atoms with Crippen LogP contribution < -0.4 is 4.90 Å². The van der Waals surface area contributed by atoms with Crippen molar-refractivity contribution in [1.82, 2.24) is 14.8 Å². The topological polar surface area (TPSA) is 77.1 Å². The van der Waals surface area contributed by atoms with Gasteiger partial charge in [-0.3, -0.25) is 14.8 Å². The summed E-state index contributed by atoms with van der Waals surface area (Å²) in [5.41, 5.74) is 0.0741. The zero-order valence-corrected chi connectivity index (χ0v) is 10.9. The van der Waals surface area contributed by atoms with Gasteiger partial charge in [-0.25, -0.2) is 4.98 Å². The Kier molecular flexibility index (Phi) is 3.32. The van der Waals surface area contributed by atoms with E-state index in [1.165, 1.54) is 6.07 Å². The fourth-order valence-electron chi connectivity index (χ4n) is 2.61. The second-order valence-corrected chi connectivity index (χ2v) is 4.81. The van der Waals surface area contributed by atoms with Gasteiger partial charge in [0.1, 0.15) is 0 Å². The summed E-state index contributed by atoms with van der Waals surface area (Å²) >= 11 is 0. The van der Waals surface area contributed by atoms with E-state index >= 15 is 0 Å². The first-order valence-corrected chi connectivity index (χ1v) is 6.59. The van der Waals surface area contributed by atoms with Crippen LogP contribution in [0.5, 0.6) is 0 Å². The molecular formula is C13H15N5O2. The molecule has 1 aliphatic heterocycles. The second-order valence-electron chi connectivity index (χ2n) is 4.81. The van der Waals surface area contributed by atoms with Crippen LogP contribution in [0.3, 0.4) is 0 Å². The van der Waals surface area contributed by atoms with Crippen LogP contribution in [0.1, 0.15) is 18.9 Å². The molecule has 1 aliphatic rings. The molecule has 1 fully saturated rings. The van der Waals surface area contributed by atoms with E-state index in [0.717, 1.165) is 25.9 Å². The Morgan fingerprint density at radius 2 is 2.05 bits per heavy atom. The maximum Gasteiger partial charge on any atom is 0.311 e. The molecule has 0 unspecified atom stereocenters. The highest BCUT2D eigenvalue weighted by molar-refractivity contribution is 5.57. The van der Waals surface area contributed by atoms with E-state index in [9.17, 15) is 10.1 Å². The fourth-order valence-corrected chi connectivity index (χ4v) is 2.61. The van der Waals surface area contributed by atoms with E-state index in [0.29, 0.717) is 11.9 Å². The Bertz CT molecular complexity index is 591. The summed E-state index contributed by atoms with van der Waals surface area (Å²) in [6.45, 7) is 1.50. The van der Waals surface area contributed by atoms with E-state index in [1.54, 1.807) is 18.5 Å². The van der Waals surface area contributed by atoms with Crippen molar-refractivity contribution < 1.29 is 4.92 Å². The van der Waals surface area contributed by atoms with Crippen molar-refractivity contribution >= 4 is 11.5 Å². The molecule has 0 spiro atoms. The Morgan fingerprint density at radius 3 is 2.70 bits per heavy atom. The van der Waals surface area contributed by atoms with Crippen LogP contribution in [0.2, 0.25) is 0 Å². The summed E-state index contributed by atoms with van der Waals surface area (Å²) in [6.07, 6.45) is 7.16. The highest BCUT2D eigenvalue weighted by Crippen LogP contribution is 2.30. The highest BCUT2D eigenvalue weighted by Gasteiger charge is 2.26. The van der Waals surface area contributed by atoms with Crippen LogP contribution in [0.15, 0.2) is 36.8 Å². The lowest BCUT2D eigenvalue weighted by Gasteiger charge is -2.32. The summed E-state index contributed by atoms with van der Waals surface area (Å²) in [5.74, 6) is 0.469. The van der Waals surface area contributed by atoms with Gasteiger partial charge in [0.05, 0.1) is 11.0 Å². The monoisotopic (exact) mass is 273 g/mol. The van der Waals surface area contributed by atoms with E-state index in [2.05, 4.69) is 10.1 Å². The number of hydrogen-bond acceptors (Lipinski definition) is 5. The molecule has 0 radical (unpaired) electrons. The molecule has 104 valence electrons. The van der Waals surface area contributed by atoms with Gasteiger partial charge < -0.3 is 4.90 Å². The average Bonchev–Trinajstić information content (AvgIpc) is 3.02. The number of rotatable bonds is 3. The molecule has 0 aromatic carbocycles. The molecule has 3 rings (SSSR count). The van der Waals surface area contributed by atoms with Crippen LogP contribution in [-0.2, 0) is 0 Å². The average molecular weight is 273 g/mol. The van der Waals surface area contributed by atoms with Gasteiger partial charge in [0.25, 0.3) is 0 Å². The molecular weight excluding hydrogens is 258 g/mol. The molecule has 0 saturated carbocycles. The predicted molar refractivity (Wildman–Crippen MR) is 73.6 cm³/mol. The third kappa shape index (κ3) is 2.34. The van der Waals surface area contributed by atoms with E-state index in [1.807, 2.05) is 21.8 Å². The zero-order chi connectivity index (χ0) is 13.9. The molecule has 2 aromatic heterocycles. The molecule has 0 bridgehead atoms. The SMILES string of the molecule is O=[N+]([O-])c1cccnc1N1CCC(n2cccn2)CC1. The molecule has 20 heavy (non-hydrogen) atoms. The minimum Gasteiger partial charge on any atom is -0.351 e. The van der Waals surface area contributed by atoms with Gasteiger partial charge in [-0.05, 0) is 25.0 Å². The smallest absolute Gasteiger partial charge is 0.311 e. The standard InChI is InChI=1S/C13H15N5O2/c19-18(20)12-3-1-6-14-13(12)16-9-4-11(5-10-16)17-8-2-7-15-17/h1-3,6-8,11H,4-5,9-10H2. The third-order valence-electron chi connectivity index (χ3n) is 3.63. The summed E-state index contributed by atoms with van der Waals surface area (Å²) in [7, 11) is 0. The number of pyridine rings is 1. The number of hydrogen-bond donors (Lipinski definition) is 0. The van der Waals surface area contributed by atoms with Crippen molar-refractivity contribution in [3.63, 3.8) is 0 Å². The van der Waals surface area contributed by atoms with E-state index in [4.69, 9.17) is 0 Å². The quantitative estimate of drug-likeness (QED) is 0.631. The third-order valence-corrected chi connectivity index (χ3v) is 3.63. The summed E-state index contributed by atoms with van der Waals surface area (Å²) in [4.78, 5) is 16.8. The summed E-state index contributed by atoms with van der Waals surface area (Å²) < 4.78 is 1.96.